The van der Waals surface area contributed by atoms with Crippen LogP contribution in [0.4, 0.5) is 0 Å². The van der Waals surface area contributed by atoms with Crippen molar-refractivity contribution < 1.29 is 24.5 Å². The highest BCUT2D eigenvalue weighted by molar-refractivity contribution is 5.98. The zero-order valence-electron chi connectivity index (χ0n) is 13.5. The lowest BCUT2D eigenvalue weighted by atomic mass is 9.75. The lowest BCUT2D eigenvalue weighted by Gasteiger charge is -2.37. The molecule has 1 fully saturated rings. The minimum atomic E-state index is -1.22. The topological polar surface area (TPSA) is 95.9 Å². The fourth-order valence-corrected chi connectivity index (χ4v) is 3.09. The first-order chi connectivity index (χ1) is 10.9. The Morgan fingerprint density at radius 2 is 2.00 bits per heavy atom. The standard InChI is InChI=1S/C17H23NO5/c1-3-11-6-8-17(9-7-11,16(21)22)18-15(20)12-4-5-14(23-2)13(19)10-12/h4-5,10-11,19H,3,6-9H2,1-2H3,(H,18,20)(H,21,22). The van der Waals surface area contributed by atoms with Gasteiger partial charge in [0.05, 0.1) is 7.11 Å². The van der Waals surface area contributed by atoms with Crippen molar-refractivity contribution in [2.75, 3.05) is 7.11 Å². The zero-order valence-corrected chi connectivity index (χ0v) is 13.5. The smallest absolute Gasteiger partial charge is 0.329 e. The summed E-state index contributed by atoms with van der Waals surface area (Å²) in [6.07, 6.45) is 3.45. The Bertz CT molecular complexity index is 591. The molecule has 0 atom stereocenters. The number of benzene rings is 1. The van der Waals surface area contributed by atoms with E-state index in [0.717, 1.165) is 19.3 Å². The van der Waals surface area contributed by atoms with Gasteiger partial charge in [0.25, 0.3) is 5.91 Å². The monoisotopic (exact) mass is 321 g/mol. The van der Waals surface area contributed by atoms with Crippen LogP contribution < -0.4 is 10.1 Å². The predicted octanol–water partition coefficient (Wildman–Crippen LogP) is 2.55. The second-order valence-electron chi connectivity index (χ2n) is 6.08. The Kier molecular flexibility index (Phi) is 5.13. The van der Waals surface area contributed by atoms with Crippen molar-refractivity contribution in [3.63, 3.8) is 0 Å². The molecule has 23 heavy (non-hydrogen) atoms. The van der Waals surface area contributed by atoms with Gasteiger partial charge in [-0.2, -0.15) is 0 Å². The molecule has 0 unspecified atom stereocenters. The maximum atomic E-state index is 12.4. The molecule has 3 N–H and O–H groups in total. The summed E-state index contributed by atoms with van der Waals surface area (Å²) in [4.78, 5) is 24.1. The summed E-state index contributed by atoms with van der Waals surface area (Å²) in [5, 5.41) is 22.0. The van der Waals surface area contributed by atoms with Gasteiger partial charge in [-0.1, -0.05) is 13.3 Å². The third-order valence-corrected chi connectivity index (χ3v) is 4.74. The van der Waals surface area contributed by atoms with Gasteiger partial charge in [-0.15, -0.1) is 0 Å². The number of ether oxygens (including phenoxy) is 1. The van der Waals surface area contributed by atoms with Crippen LogP contribution in [0.15, 0.2) is 18.2 Å². The number of carbonyl (C=O) groups excluding carboxylic acids is 1. The highest BCUT2D eigenvalue weighted by Gasteiger charge is 2.43. The first-order valence-corrected chi connectivity index (χ1v) is 7.84. The van der Waals surface area contributed by atoms with Gasteiger partial charge >= 0.3 is 5.97 Å². The summed E-state index contributed by atoms with van der Waals surface area (Å²) in [6.45, 7) is 2.09. The molecule has 1 amide bonds. The summed E-state index contributed by atoms with van der Waals surface area (Å²) in [5.41, 5.74) is -1.01. The van der Waals surface area contributed by atoms with Crippen LogP contribution in [-0.4, -0.2) is 34.7 Å². The van der Waals surface area contributed by atoms with Gasteiger partial charge in [-0.3, -0.25) is 4.79 Å². The first kappa shape index (κ1) is 17.1. The Balaban J connectivity index is 2.16. The number of amides is 1. The number of phenolic OH excluding ortho intramolecular Hbond substituents is 1. The van der Waals surface area contributed by atoms with E-state index in [9.17, 15) is 19.8 Å². The molecule has 0 bridgehead atoms. The molecule has 126 valence electrons. The lowest BCUT2D eigenvalue weighted by molar-refractivity contribution is -0.146. The number of aliphatic carboxylic acids is 1. The predicted molar refractivity (Wildman–Crippen MR) is 84.7 cm³/mol. The summed E-state index contributed by atoms with van der Waals surface area (Å²) >= 11 is 0. The first-order valence-electron chi connectivity index (χ1n) is 7.84. The molecule has 0 aliphatic heterocycles. The highest BCUT2D eigenvalue weighted by atomic mass is 16.5. The molecule has 1 saturated carbocycles. The van der Waals surface area contributed by atoms with Crippen LogP contribution in [0.5, 0.6) is 11.5 Å². The van der Waals surface area contributed by atoms with Gasteiger partial charge in [-0.05, 0) is 49.8 Å². The molecular weight excluding hydrogens is 298 g/mol. The molecule has 6 heteroatoms. The molecule has 2 rings (SSSR count). The van der Waals surface area contributed by atoms with Gasteiger partial charge < -0.3 is 20.3 Å². The molecular formula is C17H23NO5. The third kappa shape index (κ3) is 3.57. The summed E-state index contributed by atoms with van der Waals surface area (Å²) in [5.74, 6) is -0.875. The maximum Gasteiger partial charge on any atom is 0.329 e. The molecule has 1 aromatic rings. The van der Waals surface area contributed by atoms with E-state index in [1.165, 1.54) is 25.3 Å². The summed E-state index contributed by atoms with van der Waals surface area (Å²) in [7, 11) is 1.42. The van der Waals surface area contributed by atoms with Crippen LogP contribution in [0.25, 0.3) is 0 Å². The number of nitrogens with one attached hydrogen (secondary N) is 1. The Morgan fingerprint density at radius 3 is 2.48 bits per heavy atom. The number of hydrogen-bond acceptors (Lipinski definition) is 4. The van der Waals surface area contributed by atoms with Gasteiger partial charge in [0.1, 0.15) is 5.54 Å². The summed E-state index contributed by atoms with van der Waals surface area (Å²) in [6, 6.07) is 4.26. The normalized spacial score (nSPS) is 24.0. The van der Waals surface area contributed by atoms with Crippen molar-refractivity contribution in [2.45, 2.75) is 44.6 Å². The fourth-order valence-electron chi connectivity index (χ4n) is 3.09. The molecule has 1 aliphatic rings. The van der Waals surface area contributed by atoms with Crippen LogP contribution in [-0.2, 0) is 4.79 Å². The van der Waals surface area contributed by atoms with E-state index in [2.05, 4.69) is 12.2 Å². The number of carboxylic acids is 1. The van der Waals surface area contributed by atoms with Crippen molar-refractivity contribution in [1.29, 1.82) is 0 Å². The number of rotatable bonds is 5. The van der Waals surface area contributed by atoms with Gasteiger partial charge in [0.2, 0.25) is 0 Å². The largest absolute Gasteiger partial charge is 0.504 e. The SMILES string of the molecule is CCC1CCC(NC(=O)c2ccc(OC)c(O)c2)(C(=O)O)CC1. The molecule has 1 aromatic carbocycles. The zero-order chi connectivity index (χ0) is 17.0. The van der Waals surface area contributed by atoms with Crippen LogP contribution in [0.2, 0.25) is 0 Å². The molecule has 0 heterocycles. The van der Waals surface area contributed by atoms with Crippen LogP contribution in [0.1, 0.15) is 49.4 Å². The van der Waals surface area contributed by atoms with Gasteiger partial charge in [0.15, 0.2) is 11.5 Å². The molecule has 6 nitrogen and oxygen atoms in total. The Labute approximate surface area is 135 Å². The molecule has 0 saturated heterocycles. The average molecular weight is 321 g/mol. The van der Waals surface area contributed by atoms with E-state index in [1.807, 2.05) is 0 Å². The minimum Gasteiger partial charge on any atom is -0.504 e. The number of aromatic hydroxyl groups is 1. The molecule has 1 aliphatic carbocycles. The number of hydrogen-bond donors (Lipinski definition) is 3. The minimum absolute atomic E-state index is 0.154. The molecule has 0 spiro atoms. The van der Waals surface area contributed by atoms with E-state index in [-0.39, 0.29) is 17.1 Å². The quantitative estimate of drug-likeness (QED) is 0.774. The van der Waals surface area contributed by atoms with Crippen molar-refractivity contribution in [1.82, 2.24) is 5.32 Å². The van der Waals surface area contributed by atoms with Crippen molar-refractivity contribution in [3.05, 3.63) is 23.8 Å². The number of methoxy groups -OCH3 is 1. The second kappa shape index (κ2) is 6.89. The van der Waals surface area contributed by atoms with E-state index in [4.69, 9.17) is 4.74 Å². The Hall–Kier alpha value is -2.24. The summed E-state index contributed by atoms with van der Waals surface area (Å²) < 4.78 is 4.94. The van der Waals surface area contributed by atoms with E-state index in [0.29, 0.717) is 18.8 Å². The third-order valence-electron chi connectivity index (χ3n) is 4.74. The van der Waals surface area contributed by atoms with E-state index in [1.54, 1.807) is 0 Å². The number of phenols is 1. The maximum absolute atomic E-state index is 12.4. The second-order valence-corrected chi connectivity index (χ2v) is 6.08. The molecule has 0 radical (unpaired) electrons. The highest BCUT2D eigenvalue weighted by Crippen LogP contribution is 2.34. The van der Waals surface area contributed by atoms with Crippen molar-refractivity contribution in [2.24, 2.45) is 5.92 Å². The van der Waals surface area contributed by atoms with Crippen LogP contribution in [0.3, 0.4) is 0 Å². The van der Waals surface area contributed by atoms with Crippen LogP contribution in [0, 0.1) is 5.92 Å². The van der Waals surface area contributed by atoms with Gasteiger partial charge in [0, 0.05) is 5.56 Å². The van der Waals surface area contributed by atoms with Gasteiger partial charge in [-0.25, -0.2) is 4.79 Å². The fraction of sp³-hybridized carbons (Fsp3) is 0.529. The van der Waals surface area contributed by atoms with Crippen molar-refractivity contribution in [3.8, 4) is 11.5 Å². The average Bonchev–Trinajstić information content (AvgIpc) is 2.55. The lowest BCUT2D eigenvalue weighted by Crippen LogP contribution is -2.56. The van der Waals surface area contributed by atoms with E-state index < -0.39 is 17.4 Å². The Morgan fingerprint density at radius 1 is 1.35 bits per heavy atom. The van der Waals surface area contributed by atoms with Crippen LogP contribution >= 0.6 is 0 Å². The number of carbonyl (C=O) groups is 2. The number of carboxylic acid groups (broad SMARTS) is 1. The molecule has 0 aromatic heterocycles. The van der Waals surface area contributed by atoms with Crippen molar-refractivity contribution >= 4 is 11.9 Å². The van der Waals surface area contributed by atoms with E-state index >= 15 is 0 Å².